The molecule has 1 amide bonds. The molecule has 1 atom stereocenters. The number of nitrogens with two attached hydrogens (primary N) is 1. The van der Waals surface area contributed by atoms with Gasteiger partial charge < -0.3 is 21.1 Å². The topological polar surface area (TPSA) is 145 Å². The number of hydrogen-bond acceptors (Lipinski definition) is 6. The van der Waals surface area contributed by atoms with Crippen molar-refractivity contribution in [2.75, 3.05) is 25.0 Å². The van der Waals surface area contributed by atoms with Crippen molar-refractivity contribution in [3.05, 3.63) is 65.5 Å². The molecular formula is C23H24N6O3. The number of anilines is 1. The lowest BCUT2D eigenvalue weighted by atomic mass is 9.97. The molecule has 1 aliphatic heterocycles. The number of amides is 1. The van der Waals surface area contributed by atoms with E-state index in [1.165, 1.54) is 6.33 Å². The van der Waals surface area contributed by atoms with Gasteiger partial charge >= 0.3 is 5.97 Å². The maximum absolute atomic E-state index is 12.7. The second kappa shape index (κ2) is 9.01. The Hall–Kier alpha value is -4.01. The monoisotopic (exact) mass is 432 g/mol. The van der Waals surface area contributed by atoms with Gasteiger partial charge in [-0.25, -0.2) is 9.97 Å². The molecule has 1 aromatic heterocycles. The van der Waals surface area contributed by atoms with E-state index in [0.29, 0.717) is 33.4 Å². The van der Waals surface area contributed by atoms with E-state index in [0.717, 1.165) is 25.9 Å². The normalized spacial score (nSPS) is 14.3. The van der Waals surface area contributed by atoms with Crippen LogP contribution in [-0.2, 0) is 4.79 Å². The van der Waals surface area contributed by atoms with Crippen molar-refractivity contribution in [1.29, 1.82) is 5.41 Å². The first-order valence-corrected chi connectivity index (χ1v) is 10.4. The number of likely N-dealkylation sites (tertiary alicyclic amines) is 1. The zero-order valence-electron chi connectivity index (χ0n) is 17.4. The molecule has 3 aromatic rings. The van der Waals surface area contributed by atoms with Crippen LogP contribution in [0.15, 0.2) is 48.8 Å². The molecule has 4 rings (SSSR count). The fraction of sp³-hybridized carbons (Fsp3) is 0.261. The molecule has 164 valence electrons. The van der Waals surface area contributed by atoms with Gasteiger partial charge in [0.2, 0.25) is 0 Å². The van der Waals surface area contributed by atoms with Gasteiger partial charge in [-0.3, -0.25) is 15.0 Å². The van der Waals surface area contributed by atoms with E-state index in [1.54, 1.807) is 42.5 Å². The second-order valence-corrected chi connectivity index (χ2v) is 7.76. The summed E-state index contributed by atoms with van der Waals surface area (Å²) in [6.07, 6.45) is 3.44. The van der Waals surface area contributed by atoms with Crippen LogP contribution in [0.4, 0.5) is 5.82 Å². The summed E-state index contributed by atoms with van der Waals surface area (Å²) in [4.78, 5) is 35.0. The van der Waals surface area contributed by atoms with Gasteiger partial charge in [-0.2, -0.15) is 0 Å². The Morgan fingerprint density at radius 2 is 1.91 bits per heavy atom. The average Bonchev–Trinajstić information content (AvgIpc) is 3.33. The van der Waals surface area contributed by atoms with Crippen molar-refractivity contribution < 1.29 is 14.7 Å². The zero-order chi connectivity index (χ0) is 22.7. The minimum atomic E-state index is -1.00. The molecule has 32 heavy (non-hydrogen) atoms. The van der Waals surface area contributed by atoms with E-state index >= 15 is 0 Å². The van der Waals surface area contributed by atoms with Crippen LogP contribution in [0.1, 0.15) is 40.2 Å². The van der Waals surface area contributed by atoms with Crippen LogP contribution in [0, 0.1) is 5.41 Å². The number of aromatic nitrogens is 2. The first-order valence-electron chi connectivity index (χ1n) is 10.4. The van der Waals surface area contributed by atoms with Gasteiger partial charge in [0.15, 0.2) is 0 Å². The molecule has 0 bridgehead atoms. The van der Waals surface area contributed by atoms with Crippen LogP contribution >= 0.6 is 0 Å². The summed E-state index contributed by atoms with van der Waals surface area (Å²) >= 11 is 0. The lowest BCUT2D eigenvalue weighted by Gasteiger charge is -2.17. The molecule has 2 heterocycles. The Labute approximate surface area is 184 Å². The number of hydrogen-bond donors (Lipinski definition) is 4. The van der Waals surface area contributed by atoms with Crippen molar-refractivity contribution in [3.8, 4) is 0 Å². The summed E-state index contributed by atoms with van der Waals surface area (Å²) in [6, 6.07) is 11.9. The Kier molecular flexibility index (Phi) is 5.98. The number of carboxylic acids is 1. The molecule has 0 spiro atoms. The molecule has 1 fully saturated rings. The highest BCUT2D eigenvalue weighted by molar-refractivity contribution is 6.00. The molecule has 9 heteroatoms. The number of fused-ring (bicyclic) bond motifs is 1. The smallest absolute Gasteiger partial charge is 0.312 e. The molecule has 1 unspecified atom stereocenters. The van der Waals surface area contributed by atoms with Crippen molar-refractivity contribution in [3.63, 3.8) is 0 Å². The first-order chi connectivity index (χ1) is 15.4. The van der Waals surface area contributed by atoms with Crippen molar-refractivity contribution in [2.45, 2.75) is 18.8 Å². The van der Waals surface area contributed by atoms with Crippen molar-refractivity contribution in [2.24, 2.45) is 5.73 Å². The quantitative estimate of drug-likeness (QED) is 0.331. The Morgan fingerprint density at radius 1 is 1.12 bits per heavy atom. The number of nitrogens with one attached hydrogen (secondary N) is 2. The van der Waals surface area contributed by atoms with Gasteiger partial charge in [0.25, 0.3) is 5.91 Å². The molecule has 0 saturated carbocycles. The summed E-state index contributed by atoms with van der Waals surface area (Å²) in [5, 5.41) is 21.1. The van der Waals surface area contributed by atoms with Crippen LogP contribution < -0.4 is 11.1 Å². The number of carboxylic acid groups (broad SMARTS) is 1. The molecule has 0 aliphatic carbocycles. The van der Waals surface area contributed by atoms with Gasteiger partial charge in [0, 0.05) is 36.1 Å². The van der Waals surface area contributed by atoms with Crippen molar-refractivity contribution >= 4 is 34.4 Å². The third-order valence-corrected chi connectivity index (χ3v) is 5.65. The predicted octanol–water partition coefficient (Wildman–Crippen LogP) is 2.43. The number of aliphatic carboxylic acids is 1. The lowest BCUT2D eigenvalue weighted by Crippen LogP contribution is -2.27. The zero-order valence-corrected chi connectivity index (χ0v) is 17.4. The van der Waals surface area contributed by atoms with Crippen LogP contribution in [0.5, 0.6) is 0 Å². The fourth-order valence-corrected chi connectivity index (χ4v) is 3.90. The molecular weight excluding hydrogens is 408 g/mol. The highest BCUT2D eigenvalue weighted by Crippen LogP contribution is 2.24. The highest BCUT2D eigenvalue weighted by Gasteiger charge is 2.22. The van der Waals surface area contributed by atoms with Gasteiger partial charge in [0.1, 0.15) is 18.0 Å². The van der Waals surface area contributed by atoms with Crippen LogP contribution in [0.3, 0.4) is 0 Å². The largest absolute Gasteiger partial charge is 0.481 e. The third kappa shape index (κ3) is 4.36. The number of nitrogens with zero attached hydrogens (tertiary/aromatic N) is 3. The first kappa shape index (κ1) is 21.2. The lowest BCUT2D eigenvalue weighted by molar-refractivity contribution is -0.138. The summed E-state index contributed by atoms with van der Waals surface area (Å²) < 4.78 is 0. The van der Waals surface area contributed by atoms with E-state index in [4.69, 9.17) is 11.1 Å². The predicted molar refractivity (Wildman–Crippen MR) is 121 cm³/mol. The number of rotatable bonds is 7. The molecule has 5 N–H and O–H groups in total. The summed E-state index contributed by atoms with van der Waals surface area (Å²) in [6.45, 7) is 1.63. The number of benzene rings is 2. The standard InChI is InChI=1S/C23H24N6O3/c24-20(25)15-5-3-4-14(10-15)18(23(31)32)12-26-21-17-7-6-16(11-19(17)27-13-28-21)22(30)29-8-1-2-9-29/h3-7,10-11,13,18H,1-2,8-9,12H2,(H3,24,25)(H,31,32)(H,26,27,28). The second-order valence-electron chi connectivity index (χ2n) is 7.76. The minimum Gasteiger partial charge on any atom is -0.481 e. The Balaban J connectivity index is 1.56. The van der Waals surface area contributed by atoms with Gasteiger partial charge in [0.05, 0.1) is 11.4 Å². The van der Waals surface area contributed by atoms with E-state index in [2.05, 4.69) is 15.3 Å². The SMILES string of the molecule is N=C(N)c1cccc(C(CNc2ncnc3cc(C(=O)N4CCCC4)ccc23)C(=O)O)c1. The van der Waals surface area contributed by atoms with E-state index in [-0.39, 0.29) is 18.3 Å². The maximum atomic E-state index is 12.7. The average molecular weight is 432 g/mol. The minimum absolute atomic E-state index is 0.00573. The molecule has 1 aliphatic rings. The van der Waals surface area contributed by atoms with Crippen molar-refractivity contribution in [1.82, 2.24) is 14.9 Å². The number of amidine groups is 1. The Bertz CT molecular complexity index is 1190. The number of nitrogen functional groups attached to an aromatic ring is 1. The summed E-state index contributed by atoms with van der Waals surface area (Å²) in [5.74, 6) is -1.51. The van der Waals surface area contributed by atoms with Crippen LogP contribution in [-0.4, -0.2) is 57.3 Å². The molecule has 0 radical (unpaired) electrons. The summed E-state index contributed by atoms with van der Waals surface area (Å²) in [7, 11) is 0. The van der Waals surface area contributed by atoms with E-state index in [1.807, 2.05) is 4.90 Å². The number of carbonyl (C=O) groups is 2. The van der Waals surface area contributed by atoms with Gasteiger partial charge in [-0.15, -0.1) is 0 Å². The van der Waals surface area contributed by atoms with Crippen LogP contribution in [0.2, 0.25) is 0 Å². The molecule has 1 saturated heterocycles. The summed E-state index contributed by atoms with van der Waals surface area (Å²) in [5.41, 5.74) is 7.73. The Morgan fingerprint density at radius 3 is 2.62 bits per heavy atom. The van der Waals surface area contributed by atoms with Crippen LogP contribution in [0.25, 0.3) is 10.9 Å². The van der Waals surface area contributed by atoms with Gasteiger partial charge in [-0.05, 0) is 42.7 Å². The van der Waals surface area contributed by atoms with E-state index < -0.39 is 11.9 Å². The molecule has 2 aromatic carbocycles. The molecule has 9 nitrogen and oxygen atoms in total. The maximum Gasteiger partial charge on any atom is 0.312 e. The third-order valence-electron chi connectivity index (χ3n) is 5.65. The number of carbonyl (C=O) groups excluding carboxylic acids is 1. The van der Waals surface area contributed by atoms with Gasteiger partial charge in [-0.1, -0.05) is 18.2 Å². The highest BCUT2D eigenvalue weighted by atomic mass is 16.4. The fourth-order valence-electron chi connectivity index (χ4n) is 3.90. The van der Waals surface area contributed by atoms with E-state index in [9.17, 15) is 14.7 Å².